The van der Waals surface area contributed by atoms with Crippen molar-refractivity contribution in [2.24, 2.45) is 0 Å². The number of piperazine rings is 1. The number of hydrogen-bond acceptors (Lipinski definition) is 7. The van der Waals surface area contributed by atoms with E-state index in [1.165, 1.54) is 0 Å². The molecule has 9 heteroatoms. The summed E-state index contributed by atoms with van der Waals surface area (Å²) in [7, 11) is 0. The van der Waals surface area contributed by atoms with Crippen LogP contribution in [0, 0.1) is 0 Å². The van der Waals surface area contributed by atoms with Gasteiger partial charge in [-0.2, -0.15) is 9.78 Å². The summed E-state index contributed by atoms with van der Waals surface area (Å²) in [5, 5.41) is 11.6. The van der Waals surface area contributed by atoms with Crippen molar-refractivity contribution < 1.29 is 4.79 Å². The zero-order valence-corrected chi connectivity index (χ0v) is 16.2. The highest BCUT2D eigenvalue weighted by Gasteiger charge is 2.18. The number of amides is 1. The van der Waals surface area contributed by atoms with E-state index in [2.05, 4.69) is 35.6 Å². The molecule has 3 aromatic heterocycles. The van der Waals surface area contributed by atoms with Gasteiger partial charge in [0.15, 0.2) is 0 Å². The second-order valence-corrected chi connectivity index (χ2v) is 6.94. The van der Waals surface area contributed by atoms with Crippen LogP contribution < -0.4 is 15.5 Å². The number of hydrogen-bond donors (Lipinski definition) is 2. The number of fused-ring (bicyclic) bond motifs is 1. The monoisotopic (exact) mass is 400 g/mol. The molecule has 150 valence electrons. The fourth-order valence-electron chi connectivity index (χ4n) is 3.56. The van der Waals surface area contributed by atoms with Gasteiger partial charge in [0, 0.05) is 44.0 Å². The Morgan fingerprint density at radius 1 is 1.03 bits per heavy atom. The van der Waals surface area contributed by atoms with Crippen LogP contribution in [-0.2, 0) is 0 Å². The van der Waals surface area contributed by atoms with Crippen LogP contribution in [0.2, 0.25) is 0 Å². The van der Waals surface area contributed by atoms with Crippen molar-refractivity contribution in [2.45, 2.75) is 0 Å². The fraction of sp³-hybridized carbons (Fsp3) is 0.190. The van der Waals surface area contributed by atoms with E-state index in [-0.39, 0.29) is 11.6 Å². The van der Waals surface area contributed by atoms with Crippen molar-refractivity contribution in [1.82, 2.24) is 30.0 Å². The summed E-state index contributed by atoms with van der Waals surface area (Å²) in [4.78, 5) is 28.1. The van der Waals surface area contributed by atoms with Crippen LogP contribution in [0.1, 0.15) is 10.5 Å². The van der Waals surface area contributed by atoms with Gasteiger partial charge in [-0.05, 0) is 18.2 Å². The Kier molecular flexibility index (Phi) is 4.78. The zero-order chi connectivity index (χ0) is 20.3. The average Bonchev–Trinajstić information content (AvgIpc) is 3.24. The molecular weight excluding hydrogens is 380 g/mol. The topological polar surface area (TPSA) is 101 Å². The molecule has 0 spiro atoms. The molecule has 4 aromatic rings. The Hall–Kier alpha value is -3.85. The summed E-state index contributed by atoms with van der Waals surface area (Å²) in [5.41, 5.74) is 2.75. The molecule has 0 atom stereocenters. The summed E-state index contributed by atoms with van der Waals surface area (Å²) in [6.07, 6.45) is 6.71. The lowest BCUT2D eigenvalue weighted by Crippen LogP contribution is -2.43. The quantitative estimate of drug-likeness (QED) is 0.539. The molecule has 30 heavy (non-hydrogen) atoms. The van der Waals surface area contributed by atoms with Gasteiger partial charge in [0.1, 0.15) is 5.69 Å². The van der Waals surface area contributed by atoms with E-state index in [1.807, 2.05) is 30.3 Å². The molecule has 5 rings (SSSR count). The number of carbonyl (C=O) groups excluding carboxylic acids is 1. The number of carbonyl (C=O) groups is 1. The van der Waals surface area contributed by atoms with E-state index in [4.69, 9.17) is 0 Å². The van der Waals surface area contributed by atoms with E-state index in [0.717, 1.165) is 42.8 Å². The van der Waals surface area contributed by atoms with E-state index < -0.39 is 0 Å². The molecule has 1 fully saturated rings. The molecule has 9 nitrogen and oxygen atoms in total. The first-order chi connectivity index (χ1) is 14.8. The Labute approximate surface area is 172 Å². The van der Waals surface area contributed by atoms with Crippen LogP contribution in [-0.4, -0.2) is 56.8 Å². The van der Waals surface area contributed by atoms with E-state index in [0.29, 0.717) is 11.6 Å². The molecule has 0 aliphatic carbocycles. The first-order valence-electron chi connectivity index (χ1n) is 9.77. The Morgan fingerprint density at radius 2 is 1.90 bits per heavy atom. The van der Waals surface area contributed by atoms with Crippen molar-refractivity contribution in [3.8, 4) is 5.95 Å². The third kappa shape index (κ3) is 3.46. The number of pyridine rings is 1. The molecule has 0 saturated carbocycles. The third-order valence-corrected chi connectivity index (χ3v) is 5.05. The number of rotatable bonds is 4. The number of nitrogens with one attached hydrogen (secondary N) is 2. The summed E-state index contributed by atoms with van der Waals surface area (Å²) < 4.78 is 1.63. The Balaban J connectivity index is 1.42. The highest BCUT2D eigenvalue weighted by atomic mass is 16.1. The average molecular weight is 400 g/mol. The van der Waals surface area contributed by atoms with Gasteiger partial charge < -0.3 is 15.5 Å². The first-order valence-corrected chi connectivity index (χ1v) is 9.77. The zero-order valence-electron chi connectivity index (χ0n) is 16.2. The highest BCUT2D eigenvalue weighted by molar-refractivity contribution is 6.04. The maximum absolute atomic E-state index is 12.9. The molecule has 1 aliphatic rings. The van der Waals surface area contributed by atoms with Gasteiger partial charge >= 0.3 is 0 Å². The van der Waals surface area contributed by atoms with Gasteiger partial charge in [-0.3, -0.25) is 9.78 Å². The van der Waals surface area contributed by atoms with Crippen molar-refractivity contribution in [1.29, 1.82) is 0 Å². The maximum Gasteiger partial charge on any atom is 0.274 e. The van der Waals surface area contributed by atoms with Crippen LogP contribution in [0.5, 0.6) is 0 Å². The molecule has 0 bridgehead atoms. The third-order valence-electron chi connectivity index (χ3n) is 5.05. The second-order valence-electron chi connectivity index (χ2n) is 6.94. The second kappa shape index (κ2) is 7.88. The van der Waals surface area contributed by atoms with Crippen LogP contribution in [0.15, 0.2) is 61.2 Å². The molecule has 0 radical (unpaired) electrons. The molecular formula is C21H20N8O. The first kappa shape index (κ1) is 18.2. The Bertz CT molecular complexity index is 1200. The molecule has 0 unspecified atom stereocenters. The molecule has 4 heterocycles. The molecule has 1 aromatic carbocycles. The fourth-order valence-corrected chi connectivity index (χ4v) is 3.56. The van der Waals surface area contributed by atoms with Gasteiger partial charge in [0.25, 0.3) is 11.9 Å². The lowest BCUT2D eigenvalue weighted by Gasteiger charge is -2.30. The standard InChI is InChI=1S/C21H20N8O/c30-20(26-17-14-23-7-6-19(17)28-11-9-22-10-12-28)16-5-8-24-21(27-16)29-18-4-2-1-3-15(18)13-25-29/h1-8,13-14,22H,9-12H2,(H,26,30). The number of para-hydroxylation sites is 1. The minimum atomic E-state index is -0.320. The van der Waals surface area contributed by atoms with Crippen LogP contribution in [0.3, 0.4) is 0 Å². The number of nitrogens with zero attached hydrogens (tertiary/aromatic N) is 6. The van der Waals surface area contributed by atoms with Crippen LogP contribution >= 0.6 is 0 Å². The van der Waals surface area contributed by atoms with Gasteiger partial charge in [0.05, 0.1) is 29.3 Å². The van der Waals surface area contributed by atoms with Crippen molar-refractivity contribution in [3.05, 3.63) is 66.9 Å². The van der Waals surface area contributed by atoms with Crippen molar-refractivity contribution >= 4 is 28.2 Å². The molecule has 2 N–H and O–H groups in total. The summed E-state index contributed by atoms with van der Waals surface area (Å²) >= 11 is 0. The molecule has 1 aliphatic heterocycles. The number of benzene rings is 1. The largest absolute Gasteiger partial charge is 0.367 e. The minimum Gasteiger partial charge on any atom is -0.367 e. The van der Waals surface area contributed by atoms with E-state index in [1.54, 1.807) is 35.5 Å². The normalized spacial score (nSPS) is 14.1. The Morgan fingerprint density at radius 3 is 2.80 bits per heavy atom. The predicted octanol–water partition coefficient (Wildman–Crippen LogP) is 1.87. The van der Waals surface area contributed by atoms with Gasteiger partial charge in [-0.25, -0.2) is 9.97 Å². The summed E-state index contributed by atoms with van der Waals surface area (Å²) in [6, 6.07) is 11.3. The van der Waals surface area contributed by atoms with Gasteiger partial charge in [-0.1, -0.05) is 18.2 Å². The molecule has 1 saturated heterocycles. The van der Waals surface area contributed by atoms with Crippen molar-refractivity contribution in [3.63, 3.8) is 0 Å². The SMILES string of the molecule is O=C(Nc1cnccc1N1CCNCC1)c1ccnc(-n2ncc3ccccc32)n1. The lowest BCUT2D eigenvalue weighted by molar-refractivity contribution is 0.102. The van der Waals surface area contributed by atoms with Gasteiger partial charge in [0.2, 0.25) is 0 Å². The predicted molar refractivity (Wildman–Crippen MR) is 114 cm³/mol. The highest BCUT2D eigenvalue weighted by Crippen LogP contribution is 2.25. The van der Waals surface area contributed by atoms with Crippen molar-refractivity contribution in [2.75, 3.05) is 36.4 Å². The summed E-state index contributed by atoms with van der Waals surface area (Å²) in [5.74, 6) is 0.0249. The maximum atomic E-state index is 12.9. The molecule has 1 amide bonds. The van der Waals surface area contributed by atoms with Crippen LogP contribution in [0.25, 0.3) is 16.9 Å². The summed E-state index contributed by atoms with van der Waals surface area (Å²) in [6.45, 7) is 3.55. The minimum absolute atomic E-state index is 0.259. The van der Waals surface area contributed by atoms with Gasteiger partial charge in [-0.15, -0.1) is 0 Å². The smallest absolute Gasteiger partial charge is 0.274 e. The van der Waals surface area contributed by atoms with E-state index in [9.17, 15) is 4.79 Å². The van der Waals surface area contributed by atoms with Crippen LogP contribution in [0.4, 0.5) is 11.4 Å². The number of aromatic nitrogens is 5. The lowest BCUT2D eigenvalue weighted by atomic mass is 10.2. The van der Waals surface area contributed by atoms with E-state index >= 15 is 0 Å². The number of anilines is 2.